The molecule has 0 bridgehead atoms. The van der Waals surface area contributed by atoms with Gasteiger partial charge in [-0.1, -0.05) is 0 Å². The van der Waals surface area contributed by atoms with E-state index in [2.05, 4.69) is 9.88 Å². The van der Waals surface area contributed by atoms with Crippen LogP contribution in [-0.4, -0.2) is 48.6 Å². The van der Waals surface area contributed by atoms with E-state index < -0.39 is 0 Å². The van der Waals surface area contributed by atoms with E-state index in [-0.39, 0.29) is 30.7 Å². The third-order valence-corrected chi connectivity index (χ3v) is 3.84. The van der Waals surface area contributed by atoms with Gasteiger partial charge in [-0.05, 0) is 13.0 Å². The second-order valence-corrected chi connectivity index (χ2v) is 5.16. The number of carbonyl (C=O) groups is 1. The molecule has 0 atom stereocenters. The largest absolute Gasteiger partial charge is 0.379 e. The van der Waals surface area contributed by atoms with Gasteiger partial charge in [0.1, 0.15) is 4.88 Å². The topological polar surface area (TPSA) is 68.5 Å². The Morgan fingerprint density at radius 1 is 1.42 bits per heavy atom. The zero-order chi connectivity index (χ0) is 12.1. The number of hydrogen-bond donors (Lipinski definition) is 1. The van der Waals surface area contributed by atoms with Crippen molar-refractivity contribution in [3.63, 3.8) is 0 Å². The molecular formula is C11H19Cl2N3O2S. The third-order valence-electron chi connectivity index (χ3n) is 2.77. The fourth-order valence-electron chi connectivity index (χ4n) is 1.82. The van der Waals surface area contributed by atoms with Crippen molar-refractivity contribution in [3.05, 3.63) is 16.1 Å². The molecule has 0 radical (unpaired) electrons. The lowest BCUT2D eigenvalue weighted by atomic mass is 10.3. The average molecular weight is 328 g/mol. The maximum atomic E-state index is 10.9. The van der Waals surface area contributed by atoms with Gasteiger partial charge in [-0.2, -0.15) is 0 Å². The molecule has 0 saturated carbocycles. The van der Waals surface area contributed by atoms with Crippen molar-refractivity contribution < 1.29 is 9.53 Å². The number of primary amides is 1. The van der Waals surface area contributed by atoms with Crippen LogP contribution in [0.25, 0.3) is 0 Å². The van der Waals surface area contributed by atoms with Crippen molar-refractivity contribution in [1.82, 2.24) is 9.88 Å². The predicted molar refractivity (Wildman–Crippen MR) is 80.7 cm³/mol. The number of rotatable bonds is 5. The summed E-state index contributed by atoms with van der Waals surface area (Å²) in [6.45, 7) is 4.77. The molecule has 110 valence electrons. The van der Waals surface area contributed by atoms with Crippen molar-refractivity contribution in [3.8, 4) is 0 Å². The summed E-state index contributed by atoms with van der Waals surface area (Å²) in [6.07, 6.45) is 3.54. The molecule has 19 heavy (non-hydrogen) atoms. The third kappa shape index (κ3) is 6.05. The van der Waals surface area contributed by atoms with Gasteiger partial charge < -0.3 is 10.5 Å². The summed E-state index contributed by atoms with van der Waals surface area (Å²) in [5.74, 6) is -0.387. The number of carbonyl (C=O) groups excluding carboxylic acids is 1. The Bertz CT molecular complexity index is 384. The minimum Gasteiger partial charge on any atom is -0.379 e. The van der Waals surface area contributed by atoms with E-state index in [1.54, 1.807) is 6.20 Å². The van der Waals surface area contributed by atoms with Crippen LogP contribution < -0.4 is 5.73 Å². The number of ether oxygens (including phenoxy) is 1. The summed E-state index contributed by atoms with van der Waals surface area (Å²) >= 11 is 1.40. The number of halogens is 2. The number of hydrogen-bond acceptors (Lipinski definition) is 5. The zero-order valence-corrected chi connectivity index (χ0v) is 13.0. The fourth-order valence-corrected chi connectivity index (χ4v) is 2.63. The van der Waals surface area contributed by atoms with Crippen molar-refractivity contribution in [2.45, 2.75) is 12.8 Å². The smallest absolute Gasteiger partial charge is 0.260 e. The first-order chi connectivity index (χ1) is 8.25. The van der Waals surface area contributed by atoms with Gasteiger partial charge in [0.15, 0.2) is 0 Å². The molecule has 0 aromatic carbocycles. The first-order valence-electron chi connectivity index (χ1n) is 5.80. The molecule has 1 aliphatic heterocycles. The highest BCUT2D eigenvalue weighted by Crippen LogP contribution is 2.14. The number of aryl methyl sites for hydroxylation is 1. The minimum absolute atomic E-state index is 0. The summed E-state index contributed by atoms with van der Waals surface area (Å²) in [5.41, 5.74) is 5.18. The van der Waals surface area contributed by atoms with Crippen LogP contribution in [0.5, 0.6) is 0 Å². The molecule has 8 heteroatoms. The first kappa shape index (κ1) is 18.6. The quantitative estimate of drug-likeness (QED) is 0.886. The Morgan fingerprint density at radius 2 is 2.11 bits per heavy atom. The van der Waals surface area contributed by atoms with Gasteiger partial charge in [-0.25, -0.2) is 4.98 Å². The maximum Gasteiger partial charge on any atom is 0.260 e. The normalized spacial score (nSPS) is 15.4. The lowest BCUT2D eigenvalue weighted by Crippen LogP contribution is -2.36. The van der Waals surface area contributed by atoms with Crippen molar-refractivity contribution in [2.75, 3.05) is 32.8 Å². The zero-order valence-electron chi connectivity index (χ0n) is 10.5. The Balaban J connectivity index is 0.00000162. The van der Waals surface area contributed by atoms with Crippen LogP contribution in [0.2, 0.25) is 0 Å². The molecule has 2 rings (SSSR count). The molecule has 0 unspecified atom stereocenters. The summed E-state index contributed by atoms with van der Waals surface area (Å²) in [5, 5.41) is 0.993. The number of nitrogens with two attached hydrogens (primary N) is 1. The van der Waals surface area contributed by atoms with Gasteiger partial charge >= 0.3 is 0 Å². The SMILES string of the molecule is Cl.Cl.NC(=O)c1cnc(CCCN2CCOCC2)s1. The van der Waals surface area contributed by atoms with Crippen molar-refractivity contribution >= 4 is 42.1 Å². The predicted octanol–water partition coefficient (Wildman–Crippen LogP) is 1.35. The number of thiazole rings is 1. The number of aromatic nitrogens is 1. The van der Waals surface area contributed by atoms with Gasteiger partial charge in [0.05, 0.1) is 24.4 Å². The lowest BCUT2D eigenvalue weighted by molar-refractivity contribution is 0.0374. The summed E-state index contributed by atoms with van der Waals surface area (Å²) < 4.78 is 5.29. The molecule has 1 saturated heterocycles. The highest BCUT2D eigenvalue weighted by Gasteiger charge is 2.11. The standard InChI is InChI=1S/C11H17N3O2S.2ClH/c12-11(15)9-8-13-10(17-9)2-1-3-14-4-6-16-7-5-14;;/h8H,1-7H2,(H2,12,15);2*1H. The molecule has 0 aliphatic carbocycles. The lowest BCUT2D eigenvalue weighted by Gasteiger charge is -2.26. The monoisotopic (exact) mass is 327 g/mol. The van der Waals surface area contributed by atoms with E-state index >= 15 is 0 Å². The van der Waals surface area contributed by atoms with Crippen LogP contribution >= 0.6 is 36.2 Å². The van der Waals surface area contributed by atoms with E-state index in [0.717, 1.165) is 50.7 Å². The van der Waals surface area contributed by atoms with Crippen LogP contribution in [0.4, 0.5) is 0 Å². The summed E-state index contributed by atoms with van der Waals surface area (Å²) in [4.78, 5) is 18.0. The Labute approximate surface area is 129 Å². The van der Waals surface area contributed by atoms with Crippen LogP contribution in [0.15, 0.2) is 6.20 Å². The van der Waals surface area contributed by atoms with Gasteiger partial charge in [0.25, 0.3) is 5.91 Å². The molecule has 1 aromatic heterocycles. The number of morpholine rings is 1. The van der Waals surface area contributed by atoms with Gasteiger partial charge in [0, 0.05) is 19.5 Å². The van der Waals surface area contributed by atoms with E-state index in [0.29, 0.717) is 4.88 Å². The van der Waals surface area contributed by atoms with Crippen molar-refractivity contribution in [2.24, 2.45) is 5.73 Å². The molecule has 5 nitrogen and oxygen atoms in total. The molecule has 1 aliphatic rings. The maximum absolute atomic E-state index is 10.9. The summed E-state index contributed by atoms with van der Waals surface area (Å²) in [6, 6.07) is 0. The van der Waals surface area contributed by atoms with Gasteiger partial charge in [0.2, 0.25) is 0 Å². The molecule has 2 heterocycles. The molecular weight excluding hydrogens is 309 g/mol. The highest BCUT2D eigenvalue weighted by atomic mass is 35.5. The van der Waals surface area contributed by atoms with E-state index in [9.17, 15) is 4.79 Å². The fraction of sp³-hybridized carbons (Fsp3) is 0.636. The second kappa shape index (κ2) is 9.50. The van der Waals surface area contributed by atoms with Crippen molar-refractivity contribution in [1.29, 1.82) is 0 Å². The van der Waals surface area contributed by atoms with Crippen LogP contribution in [0, 0.1) is 0 Å². The number of nitrogens with zero attached hydrogens (tertiary/aromatic N) is 2. The minimum atomic E-state index is -0.387. The molecule has 1 fully saturated rings. The Morgan fingerprint density at radius 3 is 2.68 bits per heavy atom. The average Bonchev–Trinajstić information content (AvgIpc) is 2.79. The van der Waals surface area contributed by atoms with Gasteiger partial charge in [-0.15, -0.1) is 36.2 Å². The van der Waals surface area contributed by atoms with E-state index in [1.807, 2.05) is 0 Å². The second-order valence-electron chi connectivity index (χ2n) is 4.04. The highest BCUT2D eigenvalue weighted by molar-refractivity contribution is 7.13. The summed E-state index contributed by atoms with van der Waals surface area (Å²) in [7, 11) is 0. The number of amides is 1. The Hall–Kier alpha value is -0.400. The van der Waals surface area contributed by atoms with Crippen LogP contribution in [0.3, 0.4) is 0 Å². The molecule has 1 aromatic rings. The molecule has 0 spiro atoms. The van der Waals surface area contributed by atoms with Gasteiger partial charge in [-0.3, -0.25) is 9.69 Å². The van der Waals surface area contributed by atoms with E-state index in [4.69, 9.17) is 10.5 Å². The molecule has 2 N–H and O–H groups in total. The van der Waals surface area contributed by atoms with E-state index in [1.165, 1.54) is 11.3 Å². The van der Waals surface area contributed by atoms with Crippen LogP contribution in [-0.2, 0) is 11.2 Å². The Kier molecular flexibility index (Phi) is 9.30. The molecule has 1 amide bonds. The van der Waals surface area contributed by atoms with Crippen LogP contribution in [0.1, 0.15) is 21.1 Å². The first-order valence-corrected chi connectivity index (χ1v) is 6.62.